The van der Waals surface area contributed by atoms with Crippen LogP contribution in [0.5, 0.6) is 0 Å². The molecule has 2 atom stereocenters. The van der Waals surface area contributed by atoms with E-state index in [9.17, 15) is 22.4 Å². The van der Waals surface area contributed by atoms with Crippen LogP contribution in [0.25, 0.3) is 0 Å². The number of hydrogen-bond acceptors (Lipinski definition) is 2. The van der Waals surface area contributed by atoms with E-state index in [1.54, 1.807) is 17.0 Å². The number of halogens is 4. The first-order valence-electron chi connectivity index (χ1n) is 10.5. The molecule has 2 unspecified atom stereocenters. The van der Waals surface area contributed by atoms with Gasteiger partial charge in [-0.15, -0.1) is 0 Å². The molecule has 1 heterocycles. The fourth-order valence-corrected chi connectivity index (χ4v) is 4.45. The highest BCUT2D eigenvalue weighted by Gasteiger charge is 2.36. The topological polar surface area (TPSA) is 23.6 Å². The van der Waals surface area contributed by atoms with Gasteiger partial charge in [0.05, 0.1) is 5.56 Å². The SMILES string of the molecule is CC(=O)N(CC1CN(Cc2cccc(C(F)(F)F)c2)CC1c1cccc(F)c1)C(C)C. The van der Waals surface area contributed by atoms with Crippen LogP contribution < -0.4 is 0 Å². The predicted molar refractivity (Wildman–Crippen MR) is 112 cm³/mol. The first-order valence-corrected chi connectivity index (χ1v) is 10.5. The summed E-state index contributed by atoms with van der Waals surface area (Å²) in [6, 6.07) is 11.8. The second-order valence-corrected chi connectivity index (χ2v) is 8.58. The van der Waals surface area contributed by atoms with Crippen molar-refractivity contribution in [1.82, 2.24) is 9.80 Å². The predicted octanol–water partition coefficient (Wildman–Crippen LogP) is 5.32. The number of rotatable bonds is 6. The van der Waals surface area contributed by atoms with Crippen LogP contribution in [0, 0.1) is 11.7 Å². The van der Waals surface area contributed by atoms with E-state index in [0.717, 1.165) is 11.6 Å². The summed E-state index contributed by atoms with van der Waals surface area (Å²) in [7, 11) is 0. The second-order valence-electron chi connectivity index (χ2n) is 8.58. The molecule has 3 nitrogen and oxygen atoms in total. The Morgan fingerprint density at radius 1 is 1.13 bits per heavy atom. The van der Waals surface area contributed by atoms with E-state index in [2.05, 4.69) is 4.90 Å². The second kappa shape index (κ2) is 9.39. The van der Waals surface area contributed by atoms with Crippen molar-refractivity contribution in [2.45, 2.75) is 45.5 Å². The lowest BCUT2D eigenvalue weighted by molar-refractivity contribution is -0.137. The molecule has 2 aromatic rings. The van der Waals surface area contributed by atoms with Gasteiger partial charge >= 0.3 is 6.18 Å². The van der Waals surface area contributed by atoms with Crippen LogP contribution >= 0.6 is 0 Å². The van der Waals surface area contributed by atoms with E-state index in [1.807, 2.05) is 19.9 Å². The Morgan fingerprint density at radius 3 is 2.45 bits per heavy atom. The highest BCUT2D eigenvalue weighted by Crippen LogP contribution is 2.35. The molecule has 1 saturated heterocycles. The van der Waals surface area contributed by atoms with Gasteiger partial charge in [-0.1, -0.05) is 30.3 Å². The van der Waals surface area contributed by atoms with Crippen molar-refractivity contribution in [3.05, 3.63) is 71.0 Å². The van der Waals surface area contributed by atoms with Crippen molar-refractivity contribution in [3.63, 3.8) is 0 Å². The summed E-state index contributed by atoms with van der Waals surface area (Å²) in [4.78, 5) is 16.0. The van der Waals surface area contributed by atoms with Crippen molar-refractivity contribution in [3.8, 4) is 0 Å². The van der Waals surface area contributed by atoms with E-state index >= 15 is 0 Å². The monoisotopic (exact) mass is 436 g/mol. The maximum absolute atomic E-state index is 13.9. The van der Waals surface area contributed by atoms with E-state index in [-0.39, 0.29) is 29.6 Å². The summed E-state index contributed by atoms with van der Waals surface area (Å²) in [5.74, 6) is -0.301. The number of carbonyl (C=O) groups is 1. The molecule has 0 saturated carbocycles. The highest BCUT2D eigenvalue weighted by atomic mass is 19.4. The number of benzene rings is 2. The third-order valence-electron chi connectivity index (χ3n) is 5.91. The molecular formula is C24H28F4N2O. The van der Waals surface area contributed by atoms with Crippen LogP contribution in [0.4, 0.5) is 17.6 Å². The Balaban J connectivity index is 1.83. The molecule has 1 aliphatic rings. The molecule has 0 radical (unpaired) electrons. The van der Waals surface area contributed by atoms with Crippen LogP contribution in [0.3, 0.4) is 0 Å². The summed E-state index contributed by atoms with van der Waals surface area (Å²) in [5, 5.41) is 0. The van der Waals surface area contributed by atoms with Gasteiger partial charge in [-0.05, 0) is 49.1 Å². The van der Waals surface area contributed by atoms with Gasteiger partial charge in [0.25, 0.3) is 0 Å². The third kappa shape index (κ3) is 5.85. The van der Waals surface area contributed by atoms with Crippen LogP contribution in [0.2, 0.25) is 0 Å². The Hall–Kier alpha value is -2.41. The summed E-state index contributed by atoms with van der Waals surface area (Å²) >= 11 is 0. The number of carbonyl (C=O) groups excluding carboxylic acids is 1. The standard InChI is InChI=1S/C24H28F4N2O/c1-16(2)30(17(3)31)14-20-13-29(15-23(20)19-7-5-9-22(25)11-19)12-18-6-4-8-21(10-18)24(26,27)28/h4-11,16,20,23H,12-15H2,1-3H3. The average Bonchev–Trinajstić information content (AvgIpc) is 3.07. The van der Waals surface area contributed by atoms with Crippen molar-refractivity contribution in [2.75, 3.05) is 19.6 Å². The summed E-state index contributed by atoms with van der Waals surface area (Å²) < 4.78 is 53.1. The Bertz CT molecular complexity index is 912. The molecule has 2 aromatic carbocycles. The molecular weight excluding hydrogens is 408 g/mol. The van der Waals surface area contributed by atoms with Gasteiger partial charge in [0.15, 0.2) is 0 Å². The molecule has 7 heteroatoms. The zero-order valence-electron chi connectivity index (χ0n) is 18.0. The van der Waals surface area contributed by atoms with E-state index < -0.39 is 11.7 Å². The van der Waals surface area contributed by atoms with Gasteiger partial charge in [-0.25, -0.2) is 4.39 Å². The molecule has 1 aliphatic heterocycles. The molecule has 3 rings (SSSR count). The van der Waals surface area contributed by atoms with Crippen LogP contribution in [0.15, 0.2) is 48.5 Å². The summed E-state index contributed by atoms with van der Waals surface area (Å²) in [5.41, 5.74) is 0.773. The smallest absolute Gasteiger partial charge is 0.340 e. The van der Waals surface area contributed by atoms with Crippen molar-refractivity contribution < 1.29 is 22.4 Å². The molecule has 0 N–H and O–H groups in total. The van der Waals surface area contributed by atoms with Crippen molar-refractivity contribution >= 4 is 5.91 Å². The summed E-state index contributed by atoms with van der Waals surface area (Å²) in [6.45, 7) is 7.54. The first-order chi connectivity index (χ1) is 14.5. The van der Waals surface area contributed by atoms with E-state index in [4.69, 9.17) is 0 Å². The molecule has 31 heavy (non-hydrogen) atoms. The fraction of sp³-hybridized carbons (Fsp3) is 0.458. The van der Waals surface area contributed by atoms with Crippen LogP contribution in [0.1, 0.15) is 43.4 Å². The molecule has 1 fully saturated rings. The lowest BCUT2D eigenvalue weighted by Gasteiger charge is -2.30. The molecule has 168 valence electrons. The fourth-order valence-electron chi connectivity index (χ4n) is 4.45. The van der Waals surface area contributed by atoms with Gasteiger partial charge in [0.2, 0.25) is 5.91 Å². The van der Waals surface area contributed by atoms with Gasteiger partial charge in [0.1, 0.15) is 5.82 Å². The average molecular weight is 436 g/mol. The van der Waals surface area contributed by atoms with E-state index in [0.29, 0.717) is 31.7 Å². The number of alkyl halides is 3. The van der Waals surface area contributed by atoms with Crippen LogP contribution in [-0.4, -0.2) is 41.4 Å². The molecule has 1 amide bonds. The highest BCUT2D eigenvalue weighted by molar-refractivity contribution is 5.73. The van der Waals surface area contributed by atoms with Gasteiger partial charge in [-0.2, -0.15) is 13.2 Å². The van der Waals surface area contributed by atoms with Crippen molar-refractivity contribution in [1.29, 1.82) is 0 Å². The van der Waals surface area contributed by atoms with Gasteiger partial charge < -0.3 is 4.90 Å². The van der Waals surface area contributed by atoms with Crippen molar-refractivity contribution in [2.24, 2.45) is 5.92 Å². The number of nitrogens with zero attached hydrogens (tertiary/aromatic N) is 2. The number of amides is 1. The first kappa shape index (κ1) is 23.3. The Morgan fingerprint density at radius 2 is 1.84 bits per heavy atom. The van der Waals surface area contributed by atoms with E-state index in [1.165, 1.54) is 31.2 Å². The largest absolute Gasteiger partial charge is 0.416 e. The normalized spacial score (nSPS) is 19.7. The summed E-state index contributed by atoms with van der Waals surface area (Å²) in [6.07, 6.45) is -4.38. The molecule has 0 bridgehead atoms. The minimum atomic E-state index is -4.38. The lowest BCUT2D eigenvalue weighted by Crippen LogP contribution is -2.40. The maximum Gasteiger partial charge on any atom is 0.416 e. The Labute approximate surface area is 180 Å². The molecule has 0 aliphatic carbocycles. The number of hydrogen-bond donors (Lipinski definition) is 0. The minimum absolute atomic E-state index is 0.0119. The maximum atomic E-state index is 13.9. The van der Waals surface area contributed by atoms with Gasteiger partial charge in [0, 0.05) is 45.1 Å². The Kier molecular flexibility index (Phi) is 7.04. The minimum Gasteiger partial charge on any atom is -0.340 e. The zero-order valence-corrected chi connectivity index (χ0v) is 18.0. The molecule has 0 aromatic heterocycles. The lowest BCUT2D eigenvalue weighted by atomic mass is 9.88. The third-order valence-corrected chi connectivity index (χ3v) is 5.91. The van der Waals surface area contributed by atoms with Crippen LogP contribution in [-0.2, 0) is 17.5 Å². The zero-order chi connectivity index (χ0) is 22.8. The quantitative estimate of drug-likeness (QED) is 0.573. The molecule has 0 spiro atoms. The van der Waals surface area contributed by atoms with Gasteiger partial charge in [-0.3, -0.25) is 9.69 Å². The number of likely N-dealkylation sites (tertiary alicyclic amines) is 1.